The highest BCUT2D eigenvalue weighted by Crippen LogP contribution is 2.68. The molecule has 160 valence electrons. The van der Waals surface area contributed by atoms with E-state index >= 15 is 0 Å². The molecule has 4 fully saturated rings. The summed E-state index contributed by atoms with van der Waals surface area (Å²) in [6, 6.07) is 0. The summed E-state index contributed by atoms with van der Waals surface area (Å²) in [5, 5.41) is 10.2. The Bertz CT molecular complexity index is 589. The molecule has 0 saturated heterocycles. The minimum absolute atomic E-state index is 0.0130. The molecule has 0 bridgehead atoms. The van der Waals surface area contributed by atoms with E-state index in [2.05, 4.69) is 40.7 Å². The number of fused-ring (bicyclic) bond motifs is 5. The number of hydrogen-bond donors (Lipinski definition) is 1. The molecule has 0 aromatic carbocycles. The van der Waals surface area contributed by atoms with Crippen molar-refractivity contribution in [2.75, 3.05) is 0 Å². The molecule has 4 saturated carbocycles. The van der Waals surface area contributed by atoms with E-state index in [1.165, 1.54) is 63.4 Å². The smallest absolute Gasteiger partial charge is 0.0543 e. The van der Waals surface area contributed by atoms with Crippen LogP contribution >= 0.6 is 0 Å². The van der Waals surface area contributed by atoms with Crippen molar-refractivity contribution in [2.45, 2.75) is 111 Å². The highest BCUT2D eigenvalue weighted by atomic mass is 16.3. The lowest BCUT2D eigenvalue weighted by molar-refractivity contribution is -0.129. The highest BCUT2D eigenvalue weighted by molar-refractivity contribution is 5.09. The van der Waals surface area contributed by atoms with Gasteiger partial charge in [0.15, 0.2) is 0 Å². The summed E-state index contributed by atoms with van der Waals surface area (Å²) in [5.41, 5.74) is 2.60. The monoisotopic (exact) mass is 386 g/mol. The maximum atomic E-state index is 10.2. The van der Waals surface area contributed by atoms with E-state index < -0.39 is 0 Å². The van der Waals surface area contributed by atoms with Crippen LogP contribution in [0.15, 0.2) is 11.6 Å². The minimum atomic E-state index is -0.0130. The van der Waals surface area contributed by atoms with Gasteiger partial charge in [-0.1, -0.05) is 32.4 Å². The van der Waals surface area contributed by atoms with E-state index in [0.717, 1.165) is 48.3 Å². The molecule has 0 amide bonds. The Kier molecular flexibility index (Phi) is 5.80. The molecule has 0 aromatic rings. The summed E-state index contributed by atoms with van der Waals surface area (Å²) in [6.07, 6.45) is 17.3. The van der Waals surface area contributed by atoms with Crippen LogP contribution in [0.4, 0.5) is 0 Å². The van der Waals surface area contributed by atoms with Crippen molar-refractivity contribution in [3.63, 3.8) is 0 Å². The molecule has 1 N–H and O–H groups in total. The maximum absolute atomic E-state index is 10.2. The first-order chi connectivity index (χ1) is 13.3. The fourth-order valence-corrected chi connectivity index (χ4v) is 9.05. The van der Waals surface area contributed by atoms with Gasteiger partial charge in [0, 0.05) is 0 Å². The lowest BCUT2D eigenvalue weighted by Gasteiger charge is -2.61. The molecule has 1 heteroatoms. The van der Waals surface area contributed by atoms with Gasteiger partial charge in [-0.3, -0.25) is 0 Å². The SMILES string of the molecule is CC(C)=CCC[C@@H](C)[C@H]1CC[C@H]2[C@@H]3CC[C@@H]4C[C@H](O)CC[C@]4(C)[C@H]3CC[C@]12C. The van der Waals surface area contributed by atoms with Crippen molar-refractivity contribution in [3.8, 4) is 0 Å². The first-order valence-corrected chi connectivity index (χ1v) is 12.6. The number of allylic oxidation sites excluding steroid dienone is 2. The third-order valence-electron chi connectivity index (χ3n) is 10.6. The van der Waals surface area contributed by atoms with E-state index in [1.807, 2.05) is 0 Å². The molecular weight excluding hydrogens is 340 g/mol. The number of rotatable bonds is 4. The first-order valence-electron chi connectivity index (χ1n) is 12.6. The lowest BCUT2D eigenvalue weighted by Crippen LogP contribution is -2.54. The minimum Gasteiger partial charge on any atom is -0.393 e. The van der Waals surface area contributed by atoms with E-state index in [9.17, 15) is 5.11 Å². The van der Waals surface area contributed by atoms with E-state index in [0.29, 0.717) is 10.8 Å². The molecule has 0 unspecified atom stereocenters. The van der Waals surface area contributed by atoms with Crippen molar-refractivity contribution in [3.05, 3.63) is 11.6 Å². The predicted octanol–water partition coefficient (Wildman–Crippen LogP) is 7.39. The van der Waals surface area contributed by atoms with Gasteiger partial charge in [0.2, 0.25) is 0 Å². The van der Waals surface area contributed by atoms with Gasteiger partial charge in [-0.05, 0) is 131 Å². The molecule has 0 radical (unpaired) electrons. The van der Waals surface area contributed by atoms with Gasteiger partial charge in [0.25, 0.3) is 0 Å². The van der Waals surface area contributed by atoms with Crippen LogP contribution in [0.2, 0.25) is 0 Å². The molecule has 4 rings (SSSR count). The third-order valence-corrected chi connectivity index (χ3v) is 10.6. The Labute approximate surface area is 174 Å². The molecule has 4 aliphatic rings. The molecular formula is C27H46O. The van der Waals surface area contributed by atoms with Gasteiger partial charge in [-0.2, -0.15) is 0 Å². The average molecular weight is 387 g/mol. The van der Waals surface area contributed by atoms with Crippen molar-refractivity contribution >= 4 is 0 Å². The van der Waals surface area contributed by atoms with Crippen LogP contribution in [0, 0.1) is 46.3 Å². The highest BCUT2D eigenvalue weighted by Gasteiger charge is 2.60. The second kappa shape index (κ2) is 7.75. The number of hydrogen-bond acceptors (Lipinski definition) is 1. The predicted molar refractivity (Wildman–Crippen MR) is 119 cm³/mol. The fourth-order valence-electron chi connectivity index (χ4n) is 9.05. The summed E-state index contributed by atoms with van der Waals surface area (Å²) in [4.78, 5) is 0. The zero-order chi connectivity index (χ0) is 20.1. The second-order valence-electron chi connectivity index (χ2n) is 12.1. The maximum Gasteiger partial charge on any atom is 0.0543 e. The molecule has 9 atom stereocenters. The summed E-state index contributed by atoms with van der Waals surface area (Å²) >= 11 is 0. The third kappa shape index (κ3) is 3.42. The molecule has 0 spiro atoms. The Morgan fingerprint density at radius 3 is 2.43 bits per heavy atom. The summed E-state index contributed by atoms with van der Waals surface area (Å²) in [6.45, 7) is 12.4. The molecule has 1 nitrogen and oxygen atoms in total. The van der Waals surface area contributed by atoms with E-state index in [-0.39, 0.29) is 6.10 Å². The van der Waals surface area contributed by atoms with Crippen LogP contribution in [-0.2, 0) is 0 Å². The molecule has 0 aliphatic heterocycles. The zero-order valence-corrected chi connectivity index (χ0v) is 19.3. The fraction of sp³-hybridized carbons (Fsp3) is 0.926. The molecule has 0 aromatic heterocycles. The Morgan fingerprint density at radius 1 is 0.964 bits per heavy atom. The summed E-state index contributed by atoms with van der Waals surface area (Å²) in [7, 11) is 0. The Morgan fingerprint density at radius 2 is 1.68 bits per heavy atom. The quantitative estimate of drug-likeness (QED) is 0.499. The Balaban J connectivity index is 1.48. The van der Waals surface area contributed by atoms with Crippen LogP contribution in [0.3, 0.4) is 0 Å². The van der Waals surface area contributed by atoms with Gasteiger partial charge < -0.3 is 5.11 Å². The molecule has 0 heterocycles. The normalized spacial score (nSPS) is 48.9. The van der Waals surface area contributed by atoms with Crippen molar-refractivity contribution in [2.24, 2.45) is 46.3 Å². The van der Waals surface area contributed by atoms with Crippen molar-refractivity contribution in [1.29, 1.82) is 0 Å². The van der Waals surface area contributed by atoms with Gasteiger partial charge in [-0.15, -0.1) is 0 Å². The van der Waals surface area contributed by atoms with Gasteiger partial charge in [0.1, 0.15) is 0 Å². The average Bonchev–Trinajstić information content (AvgIpc) is 2.99. The number of aliphatic hydroxyl groups excluding tert-OH is 1. The van der Waals surface area contributed by atoms with E-state index in [4.69, 9.17) is 0 Å². The van der Waals surface area contributed by atoms with Gasteiger partial charge in [-0.25, -0.2) is 0 Å². The molecule has 4 aliphatic carbocycles. The van der Waals surface area contributed by atoms with E-state index in [1.54, 1.807) is 0 Å². The van der Waals surface area contributed by atoms with Crippen LogP contribution in [0.1, 0.15) is 105 Å². The first kappa shape index (κ1) is 21.0. The zero-order valence-electron chi connectivity index (χ0n) is 19.3. The lowest BCUT2D eigenvalue weighted by atomic mass is 9.44. The van der Waals surface area contributed by atoms with Crippen molar-refractivity contribution in [1.82, 2.24) is 0 Å². The topological polar surface area (TPSA) is 20.2 Å². The second-order valence-corrected chi connectivity index (χ2v) is 12.1. The van der Waals surface area contributed by atoms with Gasteiger partial charge >= 0.3 is 0 Å². The van der Waals surface area contributed by atoms with Crippen LogP contribution < -0.4 is 0 Å². The molecule has 28 heavy (non-hydrogen) atoms. The van der Waals surface area contributed by atoms with Crippen molar-refractivity contribution < 1.29 is 5.11 Å². The standard InChI is InChI=1S/C27H46O/c1-18(2)7-6-8-19(3)23-11-12-24-22-10-9-20-17-21(28)13-15-26(20,4)25(22)14-16-27(23,24)5/h7,19-25,28H,6,8-17H2,1-5H3/t19-,20-,21-,22+,23-,24+,25+,26+,27-/m1/s1. The Hall–Kier alpha value is -0.300. The number of aliphatic hydroxyl groups is 1. The van der Waals surface area contributed by atoms with Crippen LogP contribution in [0.5, 0.6) is 0 Å². The summed E-state index contributed by atoms with van der Waals surface area (Å²) < 4.78 is 0. The van der Waals surface area contributed by atoms with Crippen LogP contribution in [0.25, 0.3) is 0 Å². The van der Waals surface area contributed by atoms with Crippen LogP contribution in [-0.4, -0.2) is 11.2 Å². The van der Waals surface area contributed by atoms with Gasteiger partial charge in [0.05, 0.1) is 6.10 Å². The summed E-state index contributed by atoms with van der Waals surface area (Å²) in [5.74, 6) is 5.51. The largest absolute Gasteiger partial charge is 0.393 e.